The standard InChI is InChI=1S/C52H41N5O/c1-52(2,3)34-36-27-29-53-49(31-36)57-45-22-11-10-19-43(45)44-26-25-40(33-48(44)57)58-50-32-39(28-30-54-50)55-35-56(47-24-13-12-23-46(47)55)51-41(37-15-6-4-7-16-37)20-14-21-42(51)38-17-8-5-9-18-38/h4-33H,34H2,1-3H3/i4D,5D,6D,7D,8D,9D,15D,16D,17D,18D,34D2. The van der Waals surface area contributed by atoms with Crippen LogP contribution in [-0.2, 0) is 6.37 Å². The third-order valence-corrected chi connectivity index (χ3v) is 9.70. The van der Waals surface area contributed by atoms with Gasteiger partial charge >= 0.3 is 0 Å². The smallest absolute Gasteiger partial charge is 0.269 e. The normalized spacial score (nSPS) is 14.9. The lowest BCUT2D eigenvalue weighted by Gasteiger charge is -2.18. The summed E-state index contributed by atoms with van der Waals surface area (Å²) >= 11 is 0. The summed E-state index contributed by atoms with van der Waals surface area (Å²) in [5.74, 6) is 1.21. The second-order valence-corrected chi connectivity index (χ2v) is 14.7. The Labute approximate surface area is 354 Å². The molecule has 0 saturated carbocycles. The zero-order valence-corrected chi connectivity index (χ0v) is 31.7. The molecule has 4 aromatic heterocycles. The molecule has 6 heteroatoms. The molecule has 0 aliphatic heterocycles. The molecular weight excluding hydrogens is 711 g/mol. The Morgan fingerprint density at radius 2 is 1.34 bits per heavy atom. The van der Waals surface area contributed by atoms with Crippen LogP contribution in [0.2, 0.25) is 0 Å². The maximum atomic E-state index is 8.99. The maximum absolute atomic E-state index is 8.99. The van der Waals surface area contributed by atoms with E-state index in [2.05, 4.69) is 11.3 Å². The van der Waals surface area contributed by atoms with Crippen LogP contribution in [0.15, 0.2) is 182 Å². The van der Waals surface area contributed by atoms with Crippen LogP contribution in [0.3, 0.4) is 0 Å². The van der Waals surface area contributed by atoms with Gasteiger partial charge in [0.15, 0.2) is 0 Å². The molecule has 0 saturated heterocycles. The Morgan fingerprint density at radius 1 is 0.672 bits per heavy atom. The van der Waals surface area contributed by atoms with Gasteiger partial charge in [0.2, 0.25) is 5.88 Å². The second-order valence-electron chi connectivity index (χ2n) is 14.7. The molecule has 0 aliphatic rings. The molecule has 0 unspecified atom stereocenters. The number of nitrogens with zero attached hydrogens (tertiary/aromatic N) is 5. The Morgan fingerprint density at radius 3 is 2.09 bits per heavy atom. The fraction of sp³-hybridized carbons (Fsp3) is 0.0962. The van der Waals surface area contributed by atoms with Crippen molar-refractivity contribution in [2.24, 2.45) is 5.41 Å². The van der Waals surface area contributed by atoms with Crippen molar-refractivity contribution in [3.63, 3.8) is 0 Å². The highest BCUT2D eigenvalue weighted by Gasteiger charge is 2.21. The quantitative estimate of drug-likeness (QED) is 0.114. The number of pyridine rings is 2. The third kappa shape index (κ3) is 6.48. The first kappa shape index (κ1) is 24.4. The van der Waals surface area contributed by atoms with E-state index in [0.717, 1.165) is 21.8 Å². The summed E-state index contributed by atoms with van der Waals surface area (Å²) in [6, 6.07) is 27.1. The predicted molar refractivity (Wildman–Crippen MR) is 234 cm³/mol. The molecule has 10 aromatic rings. The average Bonchev–Trinajstić information content (AvgIpc) is 3.90. The predicted octanol–water partition coefficient (Wildman–Crippen LogP) is 12.3. The van der Waals surface area contributed by atoms with E-state index >= 15 is 0 Å². The van der Waals surface area contributed by atoms with Gasteiger partial charge in [-0.1, -0.05) is 142 Å². The van der Waals surface area contributed by atoms with E-state index in [9.17, 15) is 0 Å². The molecule has 10 rings (SSSR count). The fourth-order valence-corrected chi connectivity index (χ4v) is 7.40. The number of benzene rings is 6. The van der Waals surface area contributed by atoms with Crippen LogP contribution in [-0.4, -0.2) is 19.1 Å². The number of hydrogen-bond acceptors (Lipinski definition) is 3. The van der Waals surface area contributed by atoms with Crippen molar-refractivity contribution in [3.8, 4) is 51.1 Å². The average molecular weight is 764 g/mol. The SMILES string of the molecule is [2H]c1c([2H])c([2H])c(-c2cccc(-c3c([2H])c([2H])c([2H])c([2H])c3[2H])c2-[n+]2[c-]n(-c3ccnc(Oc4ccc5c6ccccc6n(-c6cc(C([2H])([2H])C(C)(C)C)ccn6)c5c4)c3)c3ccccc32)c([2H])c1[2H]. The molecule has 58 heavy (non-hydrogen) atoms. The van der Waals surface area contributed by atoms with E-state index in [4.69, 9.17) is 26.2 Å². The Hall–Kier alpha value is -7.31. The van der Waals surface area contributed by atoms with Crippen molar-refractivity contribution >= 4 is 32.8 Å². The first-order chi connectivity index (χ1) is 33.3. The first-order valence-electron chi connectivity index (χ1n) is 24.7. The van der Waals surface area contributed by atoms with E-state index in [1.807, 2.05) is 79.9 Å². The molecule has 6 aromatic carbocycles. The highest BCUT2D eigenvalue weighted by molar-refractivity contribution is 6.09. The monoisotopic (exact) mass is 763 g/mol. The van der Waals surface area contributed by atoms with Gasteiger partial charge < -0.3 is 4.74 Å². The van der Waals surface area contributed by atoms with Crippen LogP contribution in [0.4, 0.5) is 0 Å². The summed E-state index contributed by atoms with van der Waals surface area (Å²) in [7, 11) is 0. The van der Waals surface area contributed by atoms with Crippen molar-refractivity contribution in [1.82, 2.24) is 19.1 Å². The number of rotatable bonds is 8. The number of fused-ring (bicyclic) bond motifs is 4. The Balaban J connectivity index is 1.13. The minimum Gasteiger partial charge on any atom is -0.440 e. The molecule has 4 heterocycles. The summed E-state index contributed by atoms with van der Waals surface area (Å²) in [4.78, 5) is 9.28. The lowest BCUT2D eigenvalue weighted by molar-refractivity contribution is -0.571. The molecule has 0 atom stereocenters. The van der Waals surface area contributed by atoms with Gasteiger partial charge in [-0.25, -0.2) is 9.97 Å². The number of para-hydroxylation sites is 4. The van der Waals surface area contributed by atoms with Crippen LogP contribution in [0, 0.1) is 11.7 Å². The molecule has 0 amide bonds. The molecule has 0 fully saturated rings. The first-order valence-corrected chi connectivity index (χ1v) is 18.7. The summed E-state index contributed by atoms with van der Waals surface area (Å²) in [5.41, 5.74) is 3.22. The highest BCUT2D eigenvalue weighted by Crippen LogP contribution is 2.37. The summed E-state index contributed by atoms with van der Waals surface area (Å²) in [6.45, 7) is 5.60. The maximum Gasteiger partial charge on any atom is 0.269 e. The zero-order chi connectivity index (χ0) is 49.7. The van der Waals surface area contributed by atoms with E-state index in [-0.39, 0.29) is 33.8 Å². The van der Waals surface area contributed by atoms with Gasteiger partial charge in [0.05, 0.1) is 47.1 Å². The third-order valence-electron chi connectivity index (χ3n) is 9.70. The largest absolute Gasteiger partial charge is 0.440 e. The minimum absolute atomic E-state index is 0.131. The molecule has 0 bridgehead atoms. The Kier molecular flexibility index (Phi) is 6.01. The van der Waals surface area contributed by atoms with Crippen molar-refractivity contribution in [1.29, 1.82) is 0 Å². The van der Waals surface area contributed by atoms with Crippen molar-refractivity contribution < 1.29 is 25.8 Å². The van der Waals surface area contributed by atoms with E-state index in [1.54, 1.807) is 76.1 Å². The molecule has 0 spiro atoms. The summed E-state index contributed by atoms with van der Waals surface area (Å²) < 4.78 is 117. The van der Waals surface area contributed by atoms with E-state index in [1.165, 1.54) is 0 Å². The topological polar surface area (TPSA) is 48.8 Å². The van der Waals surface area contributed by atoms with Gasteiger partial charge in [-0.2, -0.15) is 0 Å². The van der Waals surface area contributed by atoms with Crippen LogP contribution in [0.1, 0.15) is 42.8 Å². The van der Waals surface area contributed by atoms with E-state index in [0.29, 0.717) is 33.9 Å². The van der Waals surface area contributed by atoms with Crippen molar-refractivity contribution in [2.45, 2.75) is 27.1 Å². The van der Waals surface area contributed by atoms with Crippen LogP contribution < -0.4 is 9.30 Å². The number of imidazole rings is 1. The van der Waals surface area contributed by atoms with Gasteiger partial charge in [-0.15, -0.1) is 0 Å². The van der Waals surface area contributed by atoms with Gasteiger partial charge in [-0.3, -0.25) is 13.7 Å². The van der Waals surface area contributed by atoms with Crippen molar-refractivity contribution in [3.05, 3.63) is 194 Å². The van der Waals surface area contributed by atoms with Crippen molar-refractivity contribution in [2.75, 3.05) is 0 Å². The second kappa shape index (κ2) is 14.3. The molecule has 280 valence electrons. The van der Waals surface area contributed by atoms with Gasteiger partial charge in [0, 0.05) is 38.0 Å². The van der Waals surface area contributed by atoms with Gasteiger partial charge in [0.25, 0.3) is 6.33 Å². The summed E-state index contributed by atoms with van der Waals surface area (Å²) in [6.07, 6.45) is 4.93. The molecule has 6 nitrogen and oxygen atoms in total. The number of ether oxygens (including phenoxy) is 1. The Bertz CT molecular complexity index is 3660. The number of aromatic nitrogens is 5. The van der Waals surface area contributed by atoms with E-state index < -0.39 is 72.2 Å². The highest BCUT2D eigenvalue weighted by atomic mass is 16.5. The summed E-state index contributed by atoms with van der Waals surface area (Å²) in [5, 5.41) is 1.90. The fourth-order valence-electron chi connectivity index (χ4n) is 7.40. The molecular formula is C52H41N5O. The minimum atomic E-state index is -1.66. The van der Waals surface area contributed by atoms with Crippen LogP contribution in [0.25, 0.3) is 72.3 Å². The van der Waals surface area contributed by atoms with Crippen LogP contribution in [0.5, 0.6) is 11.6 Å². The number of hydrogen-bond donors (Lipinski definition) is 0. The molecule has 0 aliphatic carbocycles. The zero-order valence-electron chi connectivity index (χ0n) is 43.7. The van der Waals surface area contributed by atoms with Gasteiger partial charge in [0.1, 0.15) is 11.6 Å². The molecule has 0 N–H and O–H groups in total. The van der Waals surface area contributed by atoms with Crippen LogP contribution >= 0.6 is 0 Å². The van der Waals surface area contributed by atoms with Gasteiger partial charge in [-0.05, 0) is 76.0 Å². The lowest BCUT2D eigenvalue weighted by atomic mass is 9.88. The molecule has 0 radical (unpaired) electrons. The lowest BCUT2D eigenvalue weighted by Crippen LogP contribution is -2.31.